The molecule has 0 aliphatic carbocycles. The lowest BCUT2D eigenvalue weighted by molar-refractivity contribution is -0.137. The minimum absolute atomic E-state index is 0.0406. The van der Waals surface area contributed by atoms with Gasteiger partial charge >= 0.3 is 5.97 Å². The number of rotatable bonds is 7. The molecule has 9 heteroatoms. The Hall–Kier alpha value is -5.05. The number of carbonyl (C=O) groups excluding carboxylic acids is 1. The Labute approximate surface area is 230 Å². The molecule has 0 radical (unpaired) electrons. The molecule has 1 atom stereocenters. The van der Waals surface area contributed by atoms with Gasteiger partial charge in [-0.25, -0.2) is 9.97 Å². The summed E-state index contributed by atoms with van der Waals surface area (Å²) >= 11 is 0. The van der Waals surface area contributed by atoms with E-state index in [0.717, 1.165) is 27.6 Å². The predicted molar refractivity (Wildman–Crippen MR) is 153 cm³/mol. The third kappa shape index (κ3) is 4.25. The molecule has 0 saturated carbocycles. The van der Waals surface area contributed by atoms with E-state index in [1.54, 1.807) is 6.92 Å². The van der Waals surface area contributed by atoms with Crippen molar-refractivity contribution < 1.29 is 14.7 Å². The van der Waals surface area contributed by atoms with Gasteiger partial charge in [0.2, 0.25) is 5.91 Å². The lowest BCUT2D eigenvalue weighted by atomic mass is 9.77. The molecule has 40 heavy (non-hydrogen) atoms. The van der Waals surface area contributed by atoms with Crippen LogP contribution < -0.4 is 11.1 Å². The Morgan fingerprint density at radius 3 is 2.55 bits per heavy atom. The molecule has 0 spiro atoms. The van der Waals surface area contributed by atoms with Gasteiger partial charge in [-0.1, -0.05) is 72.3 Å². The maximum atomic E-state index is 13.4. The molecule has 3 heterocycles. The summed E-state index contributed by atoms with van der Waals surface area (Å²) in [7, 11) is 0. The average molecular weight is 533 g/mol. The number of amides is 1. The normalized spacial score (nSPS) is 16.2. The van der Waals surface area contributed by atoms with Gasteiger partial charge in [0.25, 0.3) is 0 Å². The lowest BCUT2D eigenvalue weighted by Crippen LogP contribution is -2.33. The number of hydrogen-bond donors (Lipinski definition) is 3. The van der Waals surface area contributed by atoms with Crippen LogP contribution in [0.3, 0.4) is 0 Å². The van der Waals surface area contributed by atoms with Crippen LogP contribution in [-0.4, -0.2) is 36.7 Å². The second-order valence-corrected chi connectivity index (χ2v) is 10.3. The number of benzene rings is 3. The molecule has 1 amide bonds. The molecule has 9 nitrogen and oxygen atoms in total. The van der Waals surface area contributed by atoms with Crippen molar-refractivity contribution in [3.05, 3.63) is 101 Å². The highest BCUT2D eigenvalue weighted by atomic mass is 16.4. The summed E-state index contributed by atoms with van der Waals surface area (Å²) < 4.78 is 1.93. The van der Waals surface area contributed by atoms with E-state index >= 15 is 0 Å². The molecule has 0 fully saturated rings. The fourth-order valence-electron chi connectivity index (χ4n) is 5.44. The summed E-state index contributed by atoms with van der Waals surface area (Å²) in [4.78, 5) is 33.7. The number of anilines is 2. The molecule has 3 aromatic carbocycles. The van der Waals surface area contributed by atoms with Crippen molar-refractivity contribution in [2.45, 2.75) is 38.6 Å². The van der Waals surface area contributed by atoms with Gasteiger partial charge in [-0.2, -0.15) is 5.10 Å². The minimum atomic E-state index is -1.10. The molecule has 0 bridgehead atoms. The molecule has 5 aromatic rings. The Bertz CT molecular complexity index is 1790. The first-order valence-electron chi connectivity index (χ1n) is 13.1. The number of aliphatic carboxylic acids is 1. The van der Waals surface area contributed by atoms with Gasteiger partial charge in [0.05, 0.1) is 17.6 Å². The minimum Gasteiger partial charge on any atom is -0.481 e. The fraction of sp³-hybridized carbons (Fsp3) is 0.194. The maximum Gasteiger partial charge on any atom is 0.303 e. The Kier molecular flexibility index (Phi) is 6.06. The van der Waals surface area contributed by atoms with E-state index in [1.165, 1.54) is 5.56 Å². The van der Waals surface area contributed by atoms with Crippen LogP contribution in [0.4, 0.5) is 11.6 Å². The maximum absolute atomic E-state index is 13.4. The molecular weight excluding hydrogens is 504 g/mol. The van der Waals surface area contributed by atoms with E-state index < -0.39 is 11.4 Å². The number of nitrogens with two attached hydrogens (primary N) is 1. The summed E-state index contributed by atoms with van der Waals surface area (Å²) in [5.74, 6) is -0.207. The zero-order valence-corrected chi connectivity index (χ0v) is 22.2. The van der Waals surface area contributed by atoms with Crippen LogP contribution in [-0.2, 0) is 28.0 Å². The van der Waals surface area contributed by atoms with Crippen LogP contribution in [0, 0.1) is 6.92 Å². The highest BCUT2D eigenvalue weighted by Crippen LogP contribution is 2.45. The second kappa shape index (κ2) is 9.60. The zero-order chi connectivity index (χ0) is 28.0. The number of carboxylic acids is 1. The number of carbonyl (C=O) groups is 2. The Balaban J connectivity index is 1.39. The van der Waals surface area contributed by atoms with E-state index in [1.807, 2.05) is 59.3 Å². The van der Waals surface area contributed by atoms with E-state index in [0.29, 0.717) is 35.9 Å². The third-order valence-corrected chi connectivity index (χ3v) is 7.57. The summed E-state index contributed by atoms with van der Waals surface area (Å²) in [6, 6.07) is 23.6. The molecule has 1 aliphatic heterocycles. The molecule has 1 aliphatic rings. The van der Waals surface area contributed by atoms with Crippen LogP contribution in [0.5, 0.6) is 0 Å². The van der Waals surface area contributed by atoms with Gasteiger partial charge < -0.3 is 16.2 Å². The standard InChI is InChI=1S/C31H28N6O3/c1-18-6-5-7-20(16-18)17-37-23-9-4-3-8-22(23)26(36-37)29-33-27(32)25-28(34-29)35-30(40)31(25,2)21-13-10-19(11-14-21)12-15-24(38)39/h3-11,13-14,16H,12,15,17H2,1-2H3,(H,38,39)(H3,32,33,34,35,40). The number of fused-ring (bicyclic) bond motifs is 2. The van der Waals surface area contributed by atoms with E-state index in [9.17, 15) is 9.59 Å². The predicted octanol–water partition coefficient (Wildman–Crippen LogP) is 4.71. The molecule has 1 unspecified atom stereocenters. The fourth-order valence-corrected chi connectivity index (χ4v) is 5.44. The summed E-state index contributed by atoms with van der Waals surface area (Å²) in [6.45, 7) is 4.44. The Morgan fingerprint density at radius 1 is 1.02 bits per heavy atom. The highest BCUT2D eigenvalue weighted by molar-refractivity contribution is 6.09. The highest BCUT2D eigenvalue weighted by Gasteiger charge is 2.47. The summed E-state index contributed by atoms with van der Waals surface area (Å²) in [5.41, 5.74) is 11.4. The van der Waals surface area contributed by atoms with Gasteiger partial charge in [-0.15, -0.1) is 0 Å². The van der Waals surface area contributed by atoms with Crippen molar-refractivity contribution in [2.75, 3.05) is 11.1 Å². The van der Waals surface area contributed by atoms with Gasteiger partial charge in [0.1, 0.15) is 22.7 Å². The van der Waals surface area contributed by atoms with Crippen LogP contribution >= 0.6 is 0 Å². The molecule has 2 aromatic heterocycles. The number of carboxylic acid groups (broad SMARTS) is 1. The van der Waals surface area contributed by atoms with Crippen molar-refractivity contribution >= 4 is 34.4 Å². The van der Waals surface area contributed by atoms with Crippen molar-refractivity contribution in [1.82, 2.24) is 19.7 Å². The molecule has 200 valence electrons. The summed E-state index contributed by atoms with van der Waals surface area (Å²) in [5, 5.41) is 17.7. The summed E-state index contributed by atoms with van der Waals surface area (Å²) in [6.07, 6.45) is 0.452. The molecule has 0 saturated heterocycles. The number of aryl methyl sites for hydroxylation is 2. The smallest absolute Gasteiger partial charge is 0.303 e. The quantitative estimate of drug-likeness (QED) is 0.276. The van der Waals surface area contributed by atoms with E-state index in [2.05, 4.69) is 35.4 Å². The van der Waals surface area contributed by atoms with Crippen LogP contribution in [0.1, 0.15) is 41.2 Å². The number of aromatic nitrogens is 4. The monoisotopic (exact) mass is 532 g/mol. The van der Waals surface area contributed by atoms with Crippen molar-refractivity contribution in [3.63, 3.8) is 0 Å². The van der Waals surface area contributed by atoms with E-state index in [4.69, 9.17) is 20.9 Å². The average Bonchev–Trinajstić information content (AvgIpc) is 3.42. The second-order valence-electron chi connectivity index (χ2n) is 10.3. The molecular formula is C31H28N6O3. The first-order chi connectivity index (χ1) is 19.2. The van der Waals surface area contributed by atoms with Gasteiger partial charge in [-0.05, 0) is 43.0 Å². The largest absolute Gasteiger partial charge is 0.481 e. The van der Waals surface area contributed by atoms with Crippen LogP contribution in [0.2, 0.25) is 0 Å². The topological polar surface area (TPSA) is 136 Å². The van der Waals surface area contributed by atoms with E-state index in [-0.39, 0.29) is 18.1 Å². The first-order valence-corrected chi connectivity index (χ1v) is 13.1. The number of nitrogens with one attached hydrogen (secondary N) is 1. The number of hydrogen-bond acceptors (Lipinski definition) is 6. The van der Waals surface area contributed by atoms with Gasteiger partial charge in [0, 0.05) is 11.8 Å². The van der Waals surface area contributed by atoms with Crippen LogP contribution in [0.25, 0.3) is 22.4 Å². The van der Waals surface area contributed by atoms with Crippen LogP contribution in [0.15, 0.2) is 72.8 Å². The first kappa shape index (κ1) is 25.2. The molecule has 6 rings (SSSR count). The molecule has 4 N–H and O–H groups in total. The lowest BCUT2D eigenvalue weighted by Gasteiger charge is -2.23. The third-order valence-electron chi connectivity index (χ3n) is 7.57. The van der Waals surface area contributed by atoms with Crippen molar-refractivity contribution in [2.24, 2.45) is 0 Å². The van der Waals surface area contributed by atoms with Gasteiger partial charge in [-0.3, -0.25) is 14.3 Å². The Morgan fingerprint density at radius 2 is 1.80 bits per heavy atom. The number of para-hydroxylation sites is 1. The van der Waals surface area contributed by atoms with Crippen molar-refractivity contribution in [1.29, 1.82) is 0 Å². The van der Waals surface area contributed by atoms with Crippen molar-refractivity contribution in [3.8, 4) is 11.5 Å². The SMILES string of the molecule is Cc1cccc(Cn2nc(-c3nc(N)c4c(n3)NC(=O)C4(C)c3ccc(CCC(=O)O)cc3)c3ccccc32)c1. The zero-order valence-electron chi connectivity index (χ0n) is 22.2. The van der Waals surface area contributed by atoms with Gasteiger partial charge in [0.15, 0.2) is 5.82 Å². The number of nitrogens with zero attached hydrogens (tertiary/aromatic N) is 4. The number of nitrogen functional groups attached to an aromatic ring is 1.